The molecule has 0 aliphatic carbocycles. The van der Waals surface area contributed by atoms with Crippen LogP contribution in [0.1, 0.15) is 34.2 Å². The van der Waals surface area contributed by atoms with E-state index in [0.717, 1.165) is 34.5 Å². The van der Waals surface area contributed by atoms with Crippen molar-refractivity contribution in [3.05, 3.63) is 94.0 Å². The number of imidazole rings is 1. The van der Waals surface area contributed by atoms with E-state index in [2.05, 4.69) is 20.6 Å². The van der Waals surface area contributed by atoms with E-state index < -0.39 is 5.82 Å². The summed E-state index contributed by atoms with van der Waals surface area (Å²) < 4.78 is 13.2. The molecular formula is C25H22ClFN4O2. The van der Waals surface area contributed by atoms with Gasteiger partial charge in [-0.15, -0.1) is 0 Å². The number of rotatable bonds is 7. The number of carbonyl (C=O) groups excluding carboxylic acids is 2. The van der Waals surface area contributed by atoms with Gasteiger partial charge in [0.25, 0.3) is 5.91 Å². The summed E-state index contributed by atoms with van der Waals surface area (Å²) in [4.78, 5) is 31.6. The van der Waals surface area contributed by atoms with Crippen molar-refractivity contribution in [3.63, 3.8) is 0 Å². The van der Waals surface area contributed by atoms with Gasteiger partial charge in [0.15, 0.2) is 0 Å². The molecule has 33 heavy (non-hydrogen) atoms. The number of fused-ring (bicyclic) bond motifs is 1. The van der Waals surface area contributed by atoms with Gasteiger partial charge in [0, 0.05) is 36.2 Å². The second-order valence-electron chi connectivity index (χ2n) is 7.71. The smallest absolute Gasteiger partial charge is 0.251 e. The summed E-state index contributed by atoms with van der Waals surface area (Å²) in [5.74, 6) is 0.0502. The van der Waals surface area contributed by atoms with Crippen LogP contribution >= 0.6 is 11.6 Å². The maximum atomic E-state index is 13.2. The molecule has 0 saturated heterocycles. The minimum absolute atomic E-state index is 0.0997. The number of aromatic nitrogens is 2. The molecule has 0 unspecified atom stereocenters. The van der Waals surface area contributed by atoms with Gasteiger partial charge in [0.05, 0.1) is 11.0 Å². The van der Waals surface area contributed by atoms with Crippen LogP contribution in [0.25, 0.3) is 11.0 Å². The lowest BCUT2D eigenvalue weighted by Gasteiger charge is -2.07. The molecule has 4 rings (SSSR count). The van der Waals surface area contributed by atoms with Gasteiger partial charge >= 0.3 is 0 Å². The van der Waals surface area contributed by atoms with Gasteiger partial charge in [-0.05, 0) is 60.0 Å². The van der Waals surface area contributed by atoms with Crippen LogP contribution < -0.4 is 10.6 Å². The van der Waals surface area contributed by atoms with E-state index in [1.807, 2.05) is 24.3 Å². The number of anilines is 1. The first-order valence-corrected chi connectivity index (χ1v) is 10.8. The number of H-pyrrole nitrogens is 1. The van der Waals surface area contributed by atoms with E-state index in [-0.39, 0.29) is 23.4 Å². The zero-order valence-electron chi connectivity index (χ0n) is 17.9. The molecule has 0 fully saturated rings. The number of aryl methyl sites for hydroxylation is 2. The van der Waals surface area contributed by atoms with E-state index in [4.69, 9.17) is 11.6 Å². The lowest BCUT2D eigenvalue weighted by atomic mass is 10.1. The van der Waals surface area contributed by atoms with Crippen molar-refractivity contribution in [2.24, 2.45) is 0 Å². The Morgan fingerprint density at radius 3 is 2.55 bits per heavy atom. The highest BCUT2D eigenvalue weighted by Gasteiger charge is 2.11. The van der Waals surface area contributed by atoms with E-state index in [1.165, 1.54) is 19.1 Å². The normalized spacial score (nSPS) is 10.9. The monoisotopic (exact) mass is 464 g/mol. The van der Waals surface area contributed by atoms with Crippen LogP contribution in [0.4, 0.5) is 10.1 Å². The highest BCUT2D eigenvalue weighted by molar-refractivity contribution is 6.31. The Labute approximate surface area is 195 Å². The van der Waals surface area contributed by atoms with Gasteiger partial charge in [-0.25, -0.2) is 9.37 Å². The van der Waals surface area contributed by atoms with Crippen molar-refractivity contribution >= 4 is 40.1 Å². The second kappa shape index (κ2) is 9.83. The fraction of sp³-hybridized carbons (Fsp3) is 0.160. The van der Waals surface area contributed by atoms with Gasteiger partial charge in [-0.2, -0.15) is 0 Å². The molecule has 0 aliphatic rings. The number of carbonyl (C=O) groups is 2. The molecule has 0 aliphatic heterocycles. The summed E-state index contributed by atoms with van der Waals surface area (Å²) in [7, 11) is 0. The predicted molar refractivity (Wildman–Crippen MR) is 127 cm³/mol. The Morgan fingerprint density at radius 2 is 1.82 bits per heavy atom. The first kappa shape index (κ1) is 22.5. The Balaban J connectivity index is 1.38. The standard InChI is InChI=1S/C25H22ClFN4O2/c1-15(32)29-20-8-2-16(3-9-20)4-11-24-30-22-10-6-17(12-23(22)31-24)25(33)28-14-18-5-7-19(27)13-21(18)26/h2-3,5-10,12-13H,4,11,14H2,1H3,(H,28,33)(H,29,32)(H,30,31). The number of benzene rings is 3. The third kappa shape index (κ3) is 5.75. The highest BCUT2D eigenvalue weighted by atomic mass is 35.5. The fourth-order valence-electron chi connectivity index (χ4n) is 3.49. The largest absolute Gasteiger partial charge is 0.348 e. The average molecular weight is 465 g/mol. The van der Waals surface area contributed by atoms with Crippen molar-refractivity contribution in [2.75, 3.05) is 5.32 Å². The first-order valence-electron chi connectivity index (χ1n) is 10.4. The quantitative estimate of drug-likeness (QED) is 0.358. The molecule has 0 bridgehead atoms. The molecule has 0 saturated carbocycles. The molecular weight excluding hydrogens is 443 g/mol. The summed E-state index contributed by atoms with van der Waals surface area (Å²) in [6.07, 6.45) is 1.49. The molecule has 3 N–H and O–H groups in total. The topological polar surface area (TPSA) is 86.9 Å². The van der Waals surface area contributed by atoms with Crippen LogP contribution in [0.2, 0.25) is 5.02 Å². The lowest BCUT2D eigenvalue weighted by Crippen LogP contribution is -2.22. The zero-order chi connectivity index (χ0) is 23.4. The predicted octanol–water partition coefficient (Wildman–Crippen LogP) is 5.03. The maximum absolute atomic E-state index is 13.2. The molecule has 2 amide bonds. The summed E-state index contributed by atoms with van der Waals surface area (Å²) in [5.41, 5.74) is 4.58. The molecule has 0 spiro atoms. The van der Waals surface area contributed by atoms with Gasteiger partial charge in [0.2, 0.25) is 5.91 Å². The molecule has 6 nitrogen and oxygen atoms in total. The second-order valence-corrected chi connectivity index (χ2v) is 8.12. The Bertz CT molecular complexity index is 1320. The molecule has 3 aromatic carbocycles. The van der Waals surface area contributed by atoms with Gasteiger partial charge in [-0.1, -0.05) is 29.8 Å². The molecule has 0 radical (unpaired) electrons. The van der Waals surface area contributed by atoms with Crippen LogP contribution in [0, 0.1) is 5.82 Å². The minimum atomic E-state index is -0.419. The SMILES string of the molecule is CC(=O)Nc1ccc(CCc2nc3ccc(C(=O)NCc4ccc(F)cc4Cl)cc3[nH]2)cc1. The zero-order valence-corrected chi connectivity index (χ0v) is 18.7. The average Bonchev–Trinajstić information content (AvgIpc) is 3.19. The molecule has 1 aromatic heterocycles. The lowest BCUT2D eigenvalue weighted by molar-refractivity contribution is -0.114. The number of hydrogen-bond donors (Lipinski definition) is 3. The number of hydrogen-bond acceptors (Lipinski definition) is 3. The Morgan fingerprint density at radius 1 is 1.03 bits per heavy atom. The molecule has 168 valence electrons. The molecule has 4 aromatic rings. The number of halogens is 2. The minimum Gasteiger partial charge on any atom is -0.348 e. The molecule has 8 heteroatoms. The number of nitrogens with zero attached hydrogens (tertiary/aromatic N) is 1. The Hall–Kier alpha value is -3.71. The molecule has 0 atom stereocenters. The summed E-state index contributed by atoms with van der Waals surface area (Å²) >= 11 is 6.02. The van der Waals surface area contributed by atoms with Crippen molar-refractivity contribution in [1.82, 2.24) is 15.3 Å². The summed E-state index contributed by atoms with van der Waals surface area (Å²) in [6.45, 7) is 1.68. The summed E-state index contributed by atoms with van der Waals surface area (Å²) in [5, 5.41) is 5.82. The first-order chi connectivity index (χ1) is 15.9. The van der Waals surface area contributed by atoms with Crippen molar-refractivity contribution < 1.29 is 14.0 Å². The third-order valence-corrected chi connectivity index (χ3v) is 5.52. The maximum Gasteiger partial charge on any atom is 0.251 e. The number of aromatic amines is 1. The number of amides is 2. The van der Waals surface area contributed by atoms with Crippen LogP contribution in [0.5, 0.6) is 0 Å². The summed E-state index contributed by atoms with van der Waals surface area (Å²) in [6, 6.07) is 17.1. The van der Waals surface area contributed by atoms with Crippen LogP contribution in [0.15, 0.2) is 60.7 Å². The van der Waals surface area contributed by atoms with Gasteiger partial charge in [0.1, 0.15) is 11.6 Å². The van der Waals surface area contributed by atoms with E-state index in [0.29, 0.717) is 17.5 Å². The Kier molecular flexibility index (Phi) is 6.70. The fourth-order valence-corrected chi connectivity index (χ4v) is 3.72. The van der Waals surface area contributed by atoms with E-state index in [1.54, 1.807) is 24.3 Å². The van der Waals surface area contributed by atoms with E-state index in [9.17, 15) is 14.0 Å². The highest BCUT2D eigenvalue weighted by Crippen LogP contribution is 2.19. The number of nitrogens with one attached hydrogen (secondary N) is 3. The molecule has 1 heterocycles. The van der Waals surface area contributed by atoms with Crippen molar-refractivity contribution in [2.45, 2.75) is 26.3 Å². The van der Waals surface area contributed by atoms with E-state index >= 15 is 0 Å². The van der Waals surface area contributed by atoms with Gasteiger partial charge in [-0.3, -0.25) is 9.59 Å². The van der Waals surface area contributed by atoms with Crippen molar-refractivity contribution in [1.29, 1.82) is 0 Å². The van der Waals surface area contributed by atoms with Crippen LogP contribution in [0.3, 0.4) is 0 Å². The van der Waals surface area contributed by atoms with Crippen molar-refractivity contribution in [3.8, 4) is 0 Å². The van der Waals surface area contributed by atoms with Crippen LogP contribution in [-0.2, 0) is 24.2 Å². The third-order valence-electron chi connectivity index (χ3n) is 5.17. The van der Waals surface area contributed by atoms with Crippen LogP contribution in [-0.4, -0.2) is 21.8 Å². The van der Waals surface area contributed by atoms with Gasteiger partial charge < -0.3 is 15.6 Å².